The van der Waals surface area contributed by atoms with Crippen LogP contribution in [-0.4, -0.2) is 46.2 Å². The fourth-order valence-corrected chi connectivity index (χ4v) is 4.81. The Bertz CT molecular complexity index is 1100. The number of likely N-dealkylation sites (tertiary alicyclic amines) is 1. The van der Waals surface area contributed by atoms with Gasteiger partial charge >= 0.3 is 0 Å². The van der Waals surface area contributed by atoms with E-state index in [1.54, 1.807) is 12.1 Å². The molecule has 2 aliphatic heterocycles. The molecule has 4 rings (SSSR count). The minimum Gasteiger partial charge on any atom is -0.366 e. The van der Waals surface area contributed by atoms with Crippen LogP contribution in [-0.2, 0) is 16.0 Å². The molecule has 2 atom stereocenters. The average Bonchev–Trinajstić information content (AvgIpc) is 3.02. The SMILES string of the molecule is CC1CC(C)CN(C2=C(c3ccc([N+](=O)[O-])cc3)C(=O)N(CCc3ccc(F)cc3)C2=O)C1. The summed E-state index contributed by atoms with van der Waals surface area (Å²) in [5.41, 5.74) is 1.89. The van der Waals surface area contributed by atoms with Gasteiger partial charge in [-0.3, -0.25) is 24.6 Å². The highest BCUT2D eigenvalue weighted by molar-refractivity contribution is 6.35. The van der Waals surface area contributed by atoms with E-state index in [1.165, 1.54) is 41.3 Å². The maximum absolute atomic E-state index is 13.5. The largest absolute Gasteiger partial charge is 0.366 e. The fraction of sp³-hybridized carbons (Fsp3) is 0.360. The minimum atomic E-state index is -0.496. The average molecular weight is 451 g/mol. The fourth-order valence-electron chi connectivity index (χ4n) is 4.81. The number of non-ortho nitro benzene ring substituents is 1. The molecule has 0 aromatic heterocycles. The van der Waals surface area contributed by atoms with E-state index in [2.05, 4.69) is 13.8 Å². The van der Waals surface area contributed by atoms with Crippen LogP contribution in [0.5, 0.6) is 0 Å². The van der Waals surface area contributed by atoms with E-state index in [-0.39, 0.29) is 29.5 Å². The van der Waals surface area contributed by atoms with Crippen molar-refractivity contribution in [3.05, 3.63) is 81.3 Å². The quantitative estimate of drug-likeness (QED) is 0.376. The molecule has 2 amide bonds. The van der Waals surface area contributed by atoms with Crippen LogP contribution in [0, 0.1) is 27.8 Å². The van der Waals surface area contributed by atoms with Crippen LogP contribution in [0.2, 0.25) is 0 Å². The summed E-state index contributed by atoms with van der Waals surface area (Å²) in [4.78, 5) is 40.7. The molecule has 8 heteroatoms. The van der Waals surface area contributed by atoms with Crippen molar-refractivity contribution in [1.29, 1.82) is 0 Å². The maximum atomic E-state index is 13.5. The van der Waals surface area contributed by atoms with Crippen molar-refractivity contribution in [3.8, 4) is 0 Å². The van der Waals surface area contributed by atoms with E-state index >= 15 is 0 Å². The lowest BCUT2D eigenvalue weighted by Gasteiger charge is -2.37. The summed E-state index contributed by atoms with van der Waals surface area (Å²) in [6.07, 6.45) is 1.46. The predicted octanol–water partition coefficient (Wildman–Crippen LogP) is 4.03. The van der Waals surface area contributed by atoms with E-state index in [4.69, 9.17) is 0 Å². The summed E-state index contributed by atoms with van der Waals surface area (Å²) in [5.74, 6) is -0.357. The molecular formula is C25H26FN3O4. The van der Waals surface area contributed by atoms with Crippen molar-refractivity contribution < 1.29 is 18.9 Å². The third kappa shape index (κ3) is 4.65. The van der Waals surface area contributed by atoms with Gasteiger partial charge in [0.1, 0.15) is 11.5 Å². The number of halogens is 1. The number of carbonyl (C=O) groups is 2. The van der Waals surface area contributed by atoms with E-state index in [0.29, 0.717) is 42.6 Å². The normalized spacial score (nSPS) is 21.2. The van der Waals surface area contributed by atoms with E-state index in [9.17, 15) is 24.1 Å². The minimum absolute atomic E-state index is 0.0777. The molecule has 0 bridgehead atoms. The molecular weight excluding hydrogens is 425 g/mol. The third-order valence-electron chi connectivity index (χ3n) is 6.23. The molecule has 0 aliphatic carbocycles. The van der Waals surface area contributed by atoms with Gasteiger partial charge < -0.3 is 4.90 Å². The molecule has 2 aliphatic rings. The van der Waals surface area contributed by atoms with Gasteiger partial charge in [-0.25, -0.2) is 4.39 Å². The summed E-state index contributed by atoms with van der Waals surface area (Å²) < 4.78 is 13.2. The van der Waals surface area contributed by atoms with Crippen molar-refractivity contribution >= 4 is 23.1 Å². The summed E-state index contributed by atoms with van der Waals surface area (Å²) in [6, 6.07) is 11.7. The molecule has 0 N–H and O–H groups in total. The van der Waals surface area contributed by atoms with Crippen LogP contribution in [0.1, 0.15) is 31.4 Å². The maximum Gasteiger partial charge on any atom is 0.277 e. The van der Waals surface area contributed by atoms with Gasteiger partial charge in [0.05, 0.1) is 10.5 Å². The second-order valence-corrected chi connectivity index (χ2v) is 9.02. The second-order valence-electron chi connectivity index (χ2n) is 9.02. The number of nitro groups is 1. The zero-order chi connectivity index (χ0) is 23.7. The second kappa shape index (κ2) is 9.13. The molecule has 1 fully saturated rings. The Morgan fingerprint density at radius 1 is 0.970 bits per heavy atom. The lowest BCUT2D eigenvalue weighted by molar-refractivity contribution is -0.384. The zero-order valence-electron chi connectivity index (χ0n) is 18.7. The van der Waals surface area contributed by atoms with Crippen LogP contribution in [0.25, 0.3) is 5.57 Å². The number of nitrogens with zero attached hydrogens (tertiary/aromatic N) is 3. The first-order valence-corrected chi connectivity index (χ1v) is 11.1. The summed E-state index contributed by atoms with van der Waals surface area (Å²) in [7, 11) is 0. The first-order valence-electron chi connectivity index (χ1n) is 11.1. The van der Waals surface area contributed by atoms with Crippen LogP contribution in [0.3, 0.4) is 0 Å². The number of carbonyl (C=O) groups excluding carboxylic acids is 2. The number of piperidine rings is 1. The number of benzene rings is 2. The zero-order valence-corrected chi connectivity index (χ0v) is 18.7. The van der Waals surface area contributed by atoms with Gasteiger partial charge in [0.15, 0.2) is 0 Å². The highest BCUT2D eigenvalue weighted by Gasteiger charge is 2.42. The van der Waals surface area contributed by atoms with E-state index in [0.717, 1.165) is 12.0 Å². The Morgan fingerprint density at radius 3 is 2.15 bits per heavy atom. The van der Waals surface area contributed by atoms with Gasteiger partial charge in [-0.1, -0.05) is 26.0 Å². The molecule has 2 unspecified atom stereocenters. The summed E-state index contributed by atoms with van der Waals surface area (Å²) >= 11 is 0. The Labute approximate surface area is 191 Å². The smallest absolute Gasteiger partial charge is 0.277 e. The molecule has 172 valence electrons. The van der Waals surface area contributed by atoms with Gasteiger partial charge in [-0.05, 0) is 60.1 Å². The Morgan fingerprint density at radius 2 is 1.58 bits per heavy atom. The third-order valence-corrected chi connectivity index (χ3v) is 6.23. The summed E-state index contributed by atoms with van der Waals surface area (Å²) in [6.45, 7) is 5.76. The topological polar surface area (TPSA) is 83.8 Å². The number of nitro benzene ring substituents is 1. The molecule has 33 heavy (non-hydrogen) atoms. The van der Waals surface area contributed by atoms with Crippen LogP contribution < -0.4 is 0 Å². The lowest BCUT2D eigenvalue weighted by Crippen LogP contribution is -2.42. The highest BCUT2D eigenvalue weighted by Crippen LogP contribution is 2.35. The monoisotopic (exact) mass is 451 g/mol. The first kappa shape index (κ1) is 22.6. The van der Waals surface area contributed by atoms with Gasteiger partial charge in [0.25, 0.3) is 17.5 Å². The first-order chi connectivity index (χ1) is 15.7. The van der Waals surface area contributed by atoms with Gasteiger partial charge in [-0.15, -0.1) is 0 Å². The van der Waals surface area contributed by atoms with Crippen LogP contribution in [0.15, 0.2) is 54.2 Å². The van der Waals surface area contributed by atoms with Crippen molar-refractivity contribution in [1.82, 2.24) is 9.80 Å². The van der Waals surface area contributed by atoms with Gasteiger partial charge in [-0.2, -0.15) is 0 Å². The van der Waals surface area contributed by atoms with Gasteiger partial charge in [0.2, 0.25) is 0 Å². The molecule has 2 aromatic carbocycles. The number of imide groups is 1. The standard InChI is InChI=1S/C25H26FN3O4/c1-16-13-17(2)15-27(14-16)23-22(19-5-9-21(10-6-19)29(32)33)24(30)28(25(23)31)12-11-18-3-7-20(26)8-4-18/h3-10,16-17H,11-15H2,1-2H3. The van der Waals surface area contributed by atoms with Crippen LogP contribution in [0.4, 0.5) is 10.1 Å². The summed E-state index contributed by atoms with van der Waals surface area (Å²) in [5, 5.41) is 11.1. The number of hydrogen-bond acceptors (Lipinski definition) is 5. The van der Waals surface area contributed by atoms with Crippen molar-refractivity contribution in [3.63, 3.8) is 0 Å². The van der Waals surface area contributed by atoms with Crippen molar-refractivity contribution in [2.24, 2.45) is 11.8 Å². The molecule has 0 radical (unpaired) electrons. The molecule has 0 spiro atoms. The number of hydrogen-bond donors (Lipinski definition) is 0. The van der Waals surface area contributed by atoms with Crippen LogP contribution >= 0.6 is 0 Å². The Kier molecular flexibility index (Phi) is 6.26. The lowest BCUT2D eigenvalue weighted by atomic mass is 9.91. The highest BCUT2D eigenvalue weighted by atomic mass is 19.1. The van der Waals surface area contributed by atoms with Crippen molar-refractivity contribution in [2.75, 3.05) is 19.6 Å². The Balaban J connectivity index is 1.67. The molecule has 1 saturated heterocycles. The molecule has 0 saturated carbocycles. The van der Waals surface area contributed by atoms with E-state index < -0.39 is 10.8 Å². The Hall–Kier alpha value is -3.55. The predicted molar refractivity (Wildman–Crippen MR) is 121 cm³/mol. The van der Waals surface area contributed by atoms with E-state index in [1.807, 2.05) is 4.90 Å². The molecule has 2 aromatic rings. The van der Waals surface area contributed by atoms with Crippen molar-refractivity contribution in [2.45, 2.75) is 26.7 Å². The number of rotatable bonds is 6. The van der Waals surface area contributed by atoms with Gasteiger partial charge in [0, 0.05) is 31.8 Å². The molecule has 7 nitrogen and oxygen atoms in total. The number of amides is 2. The molecule has 2 heterocycles.